The van der Waals surface area contributed by atoms with E-state index in [9.17, 15) is 0 Å². The van der Waals surface area contributed by atoms with Crippen molar-refractivity contribution in [2.75, 3.05) is 39.9 Å². The van der Waals surface area contributed by atoms with Crippen LogP contribution in [0, 0.1) is 0 Å². The van der Waals surface area contributed by atoms with Crippen molar-refractivity contribution in [1.82, 2.24) is 10.2 Å². The van der Waals surface area contributed by atoms with Crippen LogP contribution in [0.5, 0.6) is 0 Å². The molecule has 0 amide bonds. The van der Waals surface area contributed by atoms with Gasteiger partial charge in [0.2, 0.25) is 0 Å². The zero-order chi connectivity index (χ0) is 13.6. The summed E-state index contributed by atoms with van der Waals surface area (Å²) in [4.78, 5) is 2.61. The van der Waals surface area contributed by atoms with E-state index in [1.807, 2.05) is 7.11 Å². The van der Waals surface area contributed by atoms with Gasteiger partial charge in [0.05, 0.1) is 6.61 Å². The summed E-state index contributed by atoms with van der Waals surface area (Å²) in [6, 6.07) is 0.527. The Hall–Kier alpha value is -0.120. The third kappa shape index (κ3) is 8.90. The van der Waals surface area contributed by atoms with Crippen LogP contribution in [0.15, 0.2) is 0 Å². The smallest absolute Gasteiger partial charge is 0.0630 e. The van der Waals surface area contributed by atoms with E-state index in [0.717, 1.165) is 19.7 Å². The summed E-state index contributed by atoms with van der Waals surface area (Å²) in [6.45, 7) is 12.1. The number of hydrogen-bond donors (Lipinski definition) is 1. The maximum absolute atomic E-state index is 5.39. The lowest BCUT2D eigenvalue weighted by Gasteiger charge is -2.31. The van der Waals surface area contributed by atoms with Gasteiger partial charge >= 0.3 is 0 Å². The number of nitrogens with one attached hydrogen (secondary N) is 1. The molecule has 0 bridgehead atoms. The lowest BCUT2D eigenvalue weighted by Crippen LogP contribution is -2.46. The van der Waals surface area contributed by atoms with Crippen LogP contribution in [-0.2, 0) is 4.74 Å². The molecule has 0 aliphatic heterocycles. The van der Waals surface area contributed by atoms with E-state index in [2.05, 4.69) is 31.0 Å². The third-order valence-corrected chi connectivity index (χ3v) is 3.28. The predicted molar refractivity (Wildman–Crippen MR) is 80.2 cm³/mol. The van der Waals surface area contributed by atoms with Crippen molar-refractivity contribution in [3.63, 3.8) is 0 Å². The van der Waals surface area contributed by atoms with Crippen molar-refractivity contribution in [3.05, 3.63) is 0 Å². The molecule has 1 N–H and O–H groups in total. The summed E-state index contributed by atoms with van der Waals surface area (Å²) in [5.74, 6) is 0. The number of unbranched alkanes of at least 4 members (excludes halogenated alkanes) is 2. The Balaban J connectivity index is 4.21. The molecule has 0 aromatic carbocycles. The summed E-state index contributed by atoms with van der Waals surface area (Å²) >= 11 is 0. The van der Waals surface area contributed by atoms with Crippen molar-refractivity contribution >= 4 is 0 Å². The fourth-order valence-electron chi connectivity index (χ4n) is 2.13. The Kier molecular flexibility index (Phi) is 13.2. The standard InChI is InChI=1S/C15H34N2O/c1-5-8-11-17(12-9-6-2)15(14-18-4)13-16-10-7-3/h15-16H,5-14H2,1-4H3. The Bertz CT molecular complexity index is 157. The zero-order valence-electron chi connectivity index (χ0n) is 13.0. The van der Waals surface area contributed by atoms with Gasteiger partial charge in [0.1, 0.15) is 0 Å². The van der Waals surface area contributed by atoms with Crippen molar-refractivity contribution < 1.29 is 4.74 Å². The molecule has 0 heterocycles. The molecule has 18 heavy (non-hydrogen) atoms. The summed E-state index contributed by atoms with van der Waals surface area (Å²) < 4.78 is 5.39. The summed E-state index contributed by atoms with van der Waals surface area (Å²) in [6.07, 6.45) is 6.31. The van der Waals surface area contributed by atoms with Gasteiger partial charge in [-0.1, -0.05) is 33.6 Å². The Labute approximate surface area is 114 Å². The molecule has 110 valence electrons. The number of nitrogens with zero attached hydrogens (tertiary/aromatic N) is 1. The molecule has 0 rings (SSSR count). The minimum atomic E-state index is 0.527. The second-order valence-corrected chi connectivity index (χ2v) is 5.06. The average molecular weight is 258 g/mol. The van der Waals surface area contributed by atoms with Crippen molar-refractivity contribution in [3.8, 4) is 0 Å². The molecule has 3 nitrogen and oxygen atoms in total. The number of ether oxygens (including phenoxy) is 1. The fraction of sp³-hybridized carbons (Fsp3) is 1.00. The topological polar surface area (TPSA) is 24.5 Å². The van der Waals surface area contributed by atoms with Crippen LogP contribution in [0.2, 0.25) is 0 Å². The molecule has 0 fully saturated rings. The largest absolute Gasteiger partial charge is 0.383 e. The molecule has 0 aliphatic carbocycles. The molecular weight excluding hydrogens is 224 g/mol. The van der Waals surface area contributed by atoms with E-state index in [1.165, 1.54) is 45.2 Å². The van der Waals surface area contributed by atoms with Crippen LogP contribution in [0.3, 0.4) is 0 Å². The molecule has 0 saturated carbocycles. The third-order valence-electron chi connectivity index (χ3n) is 3.28. The first-order valence-corrected chi connectivity index (χ1v) is 7.73. The van der Waals surface area contributed by atoms with Crippen molar-refractivity contribution in [2.45, 2.75) is 58.9 Å². The quantitative estimate of drug-likeness (QED) is 0.514. The molecule has 3 heteroatoms. The van der Waals surface area contributed by atoms with E-state index >= 15 is 0 Å². The molecular formula is C15H34N2O. The van der Waals surface area contributed by atoms with Gasteiger partial charge in [-0.25, -0.2) is 0 Å². The highest BCUT2D eigenvalue weighted by Crippen LogP contribution is 2.05. The second kappa shape index (κ2) is 13.3. The minimum absolute atomic E-state index is 0.527. The van der Waals surface area contributed by atoms with Gasteiger partial charge in [0.15, 0.2) is 0 Å². The Morgan fingerprint density at radius 2 is 1.61 bits per heavy atom. The zero-order valence-corrected chi connectivity index (χ0v) is 13.0. The first-order chi connectivity index (χ1) is 8.79. The number of hydrogen-bond acceptors (Lipinski definition) is 3. The number of rotatable bonds is 13. The maximum Gasteiger partial charge on any atom is 0.0630 e. The highest BCUT2D eigenvalue weighted by molar-refractivity contribution is 4.74. The first kappa shape index (κ1) is 17.9. The van der Waals surface area contributed by atoms with Crippen LogP contribution in [0.25, 0.3) is 0 Å². The molecule has 0 spiro atoms. The molecule has 0 saturated heterocycles. The van der Waals surface area contributed by atoms with Gasteiger partial charge in [-0.2, -0.15) is 0 Å². The first-order valence-electron chi connectivity index (χ1n) is 7.73. The Morgan fingerprint density at radius 3 is 2.06 bits per heavy atom. The summed E-state index contributed by atoms with van der Waals surface area (Å²) in [7, 11) is 1.81. The van der Waals surface area contributed by atoms with Crippen LogP contribution in [-0.4, -0.2) is 50.8 Å². The molecule has 0 aliphatic rings. The summed E-state index contributed by atoms with van der Waals surface area (Å²) in [5, 5.41) is 3.53. The normalized spacial score (nSPS) is 13.2. The van der Waals surface area contributed by atoms with Gasteiger partial charge in [-0.15, -0.1) is 0 Å². The van der Waals surface area contributed by atoms with Gasteiger partial charge in [0, 0.05) is 19.7 Å². The van der Waals surface area contributed by atoms with Gasteiger partial charge in [0.25, 0.3) is 0 Å². The predicted octanol–water partition coefficient (Wildman–Crippen LogP) is 2.90. The summed E-state index contributed by atoms with van der Waals surface area (Å²) in [5.41, 5.74) is 0. The highest BCUT2D eigenvalue weighted by Gasteiger charge is 2.16. The van der Waals surface area contributed by atoms with Crippen molar-refractivity contribution in [2.24, 2.45) is 0 Å². The molecule has 0 radical (unpaired) electrons. The fourth-order valence-corrected chi connectivity index (χ4v) is 2.13. The van der Waals surface area contributed by atoms with Crippen LogP contribution < -0.4 is 5.32 Å². The average Bonchev–Trinajstić information content (AvgIpc) is 2.38. The second-order valence-electron chi connectivity index (χ2n) is 5.06. The maximum atomic E-state index is 5.39. The lowest BCUT2D eigenvalue weighted by molar-refractivity contribution is 0.0869. The van der Waals surface area contributed by atoms with Crippen LogP contribution >= 0.6 is 0 Å². The van der Waals surface area contributed by atoms with Gasteiger partial charge < -0.3 is 10.1 Å². The molecule has 1 unspecified atom stereocenters. The van der Waals surface area contributed by atoms with Crippen LogP contribution in [0.1, 0.15) is 52.9 Å². The van der Waals surface area contributed by atoms with Gasteiger partial charge in [-0.3, -0.25) is 4.90 Å². The molecule has 0 aromatic heterocycles. The number of methoxy groups -OCH3 is 1. The van der Waals surface area contributed by atoms with E-state index < -0.39 is 0 Å². The highest BCUT2D eigenvalue weighted by atomic mass is 16.5. The van der Waals surface area contributed by atoms with Crippen molar-refractivity contribution in [1.29, 1.82) is 0 Å². The van der Waals surface area contributed by atoms with Gasteiger partial charge in [-0.05, 0) is 38.9 Å². The monoisotopic (exact) mass is 258 g/mol. The van der Waals surface area contributed by atoms with E-state index in [0.29, 0.717) is 6.04 Å². The Morgan fingerprint density at radius 1 is 1.00 bits per heavy atom. The molecule has 0 aromatic rings. The lowest BCUT2D eigenvalue weighted by atomic mass is 10.2. The molecule has 1 atom stereocenters. The van der Waals surface area contributed by atoms with E-state index in [1.54, 1.807) is 0 Å². The minimum Gasteiger partial charge on any atom is -0.383 e. The van der Waals surface area contributed by atoms with E-state index in [4.69, 9.17) is 4.74 Å². The van der Waals surface area contributed by atoms with Crippen LogP contribution in [0.4, 0.5) is 0 Å². The SMILES string of the molecule is CCCCN(CCCC)C(CNCCC)COC. The van der Waals surface area contributed by atoms with E-state index in [-0.39, 0.29) is 0 Å².